The maximum Gasteiger partial charge on any atom is 0.123 e. The molecule has 1 aromatic heterocycles. The number of nitrogens with two attached hydrogens (primary N) is 1. The second-order valence-corrected chi connectivity index (χ2v) is 6.62. The number of nitrogens with zero attached hydrogens (tertiary/aromatic N) is 1. The number of nitrogens with one attached hydrogen (secondary N) is 1. The van der Waals surface area contributed by atoms with Gasteiger partial charge in [-0.25, -0.2) is 4.98 Å². The van der Waals surface area contributed by atoms with Gasteiger partial charge in [-0.15, -0.1) is 0 Å². The van der Waals surface area contributed by atoms with Crippen molar-refractivity contribution in [3.63, 3.8) is 0 Å². The van der Waals surface area contributed by atoms with Crippen LogP contribution >= 0.6 is 11.8 Å². The maximum absolute atomic E-state index is 5.75. The second kappa shape index (κ2) is 7.75. The molecule has 3 N–H and O–H groups in total. The van der Waals surface area contributed by atoms with Gasteiger partial charge in [-0.3, -0.25) is 0 Å². The number of rotatable bonds is 7. The molecule has 1 aromatic rings. The van der Waals surface area contributed by atoms with Crippen molar-refractivity contribution < 1.29 is 0 Å². The summed E-state index contributed by atoms with van der Waals surface area (Å²) in [5.74, 6) is 1.82. The van der Waals surface area contributed by atoms with Crippen LogP contribution < -0.4 is 11.1 Å². The van der Waals surface area contributed by atoms with Crippen molar-refractivity contribution in [2.45, 2.75) is 50.3 Å². The molecule has 4 heteroatoms. The molecule has 1 saturated carbocycles. The molecular weight excluding hydrogens is 254 g/mol. The number of aromatic nitrogens is 1. The Morgan fingerprint density at radius 2 is 2.26 bits per heavy atom. The van der Waals surface area contributed by atoms with E-state index in [1.54, 1.807) is 6.20 Å². The lowest BCUT2D eigenvalue weighted by Crippen LogP contribution is -2.33. The van der Waals surface area contributed by atoms with Crippen LogP contribution in [0.2, 0.25) is 0 Å². The molecule has 0 bridgehead atoms. The highest BCUT2D eigenvalue weighted by atomic mass is 32.2. The average Bonchev–Trinajstić information content (AvgIpc) is 2.89. The Balaban J connectivity index is 1.84. The van der Waals surface area contributed by atoms with Gasteiger partial charge in [0, 0.05) is 23.2 Å². The summed E-state index contributed by atoms with van der Waals surface area (Å²) in [6, 6.07) is 4.60. The third kappa shape index (κ3) is 5.03. The molecule has 1 aliphatic rings. The highest BCUT2D eigenvalue weighted by Crippen LogP contribution is 2.30. The van der Waals surface area contributed by atoms with Gasteiger partial charge in [0.1, 0.15) is 5.82 Å². The van der Waals surface area contributed by atoms with Crippen LogP contribution in [0.3, 0.4) is 0 Å². The Kier molecular flexibility index (Phi) is 5.98. The van der Waals surface area contributed by atoms with Gasteiger partial charge in [0.15, 0.2) is 0 Å². The van der Waals surface area contributed by atoms with Crippen LogP contribution in [-0.2, 0) is 6.42 Å². The Labute approximate surface area is 120 Å². The number of anilines is 1. The van der Waals surface area contributed by atoms with E-state index in [0.29, 0.717) is 11.9 Å². The van der Waals surface area contributed by atoms with Gasteiger partial charge in [-0.05, 0) is 43.5 Å². The van der Waals surface area contributed by atoms with Crippen molar-refractivity contribution in [2.24, 2.45) is 0 Å². The lowest BCUT2D eigenvalue weighted by molar-refractivity contribution is 0.571. The molecule has 3 nitrogen and oxygen atoms in total. The predicted molar refractivity (Wildman–Crippen MR) is 84.5 cm³/mol. The summed E-state index contributed by atoms with van der Waals surface area (Å²) in [5.41, 5.74) is 7.03. The van der Waals surface area contributed by atoms with Gasteiger partial charge in [0.2, 0.25) is 0 Å². The lowest BCUT2D eigenvalue weighted by atomic mass is 10.1. The van der Waals surface area contributed by atoms with Gasteiger partial charge in [-0.2, -0.15) is 11.8 Å². The topological polar surface area (TPSA) is 50.9 Å². The van der Waals surface area contributed by atoms with E-state index in [9.17, 15) is 0 Å². The summed E-state index contributed by atoms with van der Waals surface area (Å²) in [5, 5.41) is 4.48. The molecule has 1 unspecified atom stereocenters. The molecule has 1 heterocycles. The van der Waals surface area contributed by atoms with Crippen LogP contribution in [0.4, 0.5) is 5.82 Å². The lowest BCUT2D eigenvalue weighted by Gasteiger charge is -2.19. The zero-order valence-corrected chi connectivity index (χ0v) is 12.6. The summed E-state index contributed by atoms with van der Waals surface area (Å²) in [7, 11) is 0. The van der Waals surface area contributed by atoms with E-state index < -0.39 is 0 Å². The van der Waals surface area contributed by atoms with Gasteiger partial charge < -0.3 is 11.1 Å². The summed E-state index contributed by atoms with van der Waals surface area (Å²) in [6.07, 6.45) is 8.50. The highest BCUT2D eigenvalue weighted by Gasteiger charge is 2.17. The number of likely N-dealkylation sites (N-methyl/N-ethyl adjacent to an activating group) is 1. The summed E-state index contributed by atoms with van der Waals surface area (Å²) < 4.78 is 0. The first-order valence-electron chi connectivity index (χ1n) is 7.33. The van der Waals surface area contributed by atoms with Crippen molar-refractivity contribution in [1.82, 2.24) is 10.3 Å². The molecule has 106 valence electrons. The molecule has 0 spiro atoms. The number of hydrogen-bond acceptors (Lipinski definition) is 4. The smallest absolute Gasteiger partial charge is 0.123 e. The van der Waals surface area contributed by atoms with Crippen LogP contribution in [-0.4, -0.2) is 28.6 Å². The summed E-state index contributed by atoms with van der Waals surface area (Å²) in [4.78, 5) is 4.05. The Bertz CT molecular complexity index is 377. The molecule has 1 fully saturated rings. The molecule has 0 aromatic carbocycles. The number of hydrogen-bond donors (Lipinski definition) is 2. The SMILES string of the molecule is CCNC(CSC1CCCC1)Cc1ccnc(N)c1. The Morgan fingerprint density at radius 3 is 2.95 bits per heavy atom. The number of pyridine rings is 1. The molecule has 19 heavy (non-hydrogen) atoms. The van der Waals surface area contributed by atoms with Crippen LogP contribution in [0.5, 0.6) is 0 Å². The van der Waals surface area contributed by atoms with Crippen LogP contribution in [0.25, 0.3) is 0 Å². The van der Waals surface area contributed by atoms with Crippen LogP contribution in [0, 0.1) is 0 Å². The fourth-order valence-electron chi connectivity index (χ4n) is 2.69. The minimum Gasteiger partial charge on any atom is -0.384 e. The van der Waals surface area contributed by atoms with Gasteiger partial charge in [0.25, 0.3) is 0 Å². The van der Waals surface area contributed by atoms with Gasteiger partial charge in [-0.1, -0.05) is 19.8 Å². The molecule has 0 amide bonds. The fraction of sp³-hybridized carbons (Fsp3) is 0.667. The van der Waals surface area contributed by atoms with E-state index in [-0.39, 0.29) is 0 Å². The van der Waals surface area contributed by atoms with Gasteiger partial charge >= 0.3 is 0 Å². The predicted octanol–water partition coefficient (Wildman–Crippen LogP) is 2.86. The summed E-state index contributed by atoms with van der Waals surface area (Å²) in [6.45, 7) is 3.20. The number of nitrogen functional groups attached to an aromatic ring is 1. The van der Waals surface area contributed by atoms with Crippen LogP contribution in [0.1, 0.15) is 38.2 Å². The first kappa shape index (κ1) is 14.7. The minimum atomic E-state index is 0.539. The molecule has 0 saturated heterocycles. The van der Waals surface area contributed by atoms with E-state index in [4.69, 9.17) is 5.73 Å². The molecular formula is C15H25N3S. The zero-order valence-electron chi connectivity index (χ0n) is 11.8. The maximum atomic E-state index is 5.75. The third-order valence-electron chi connectivity index (χ3n) is 3.66. The second-order valence-electron chi connectivity index (χ2n) is 5.29. The normalized spacial score (nSPS) is 17.7. The van der Waals surface area contributed by atoms with Crippen molar-refractivity contribution in [3.05, 3.63) is 23.9 Å². The molecule has 0 aliphatic heterocycles. The van der Waals surface area contributed by atoms with E-state index in [1.165, 1.54) is 37.0 Å². The molecule has 0 radical (unpaired) electrons. The number of thioether (sulfide) groups is 1. The first-order valence-corrected chi connectivity index (χ1v) is 8.38. The van der Waals surface area contributed by atoms with E-state index >= 15 is 0 Å². The third-order valence-corrected chi connectivity index (χ3v) is 5.19. The van der Waals surface area contributed by atoms with Crippen molar-refractivity contribution in [1.29, 1.82) is 0 Å². The highest BCUT2D eigenvalue weighted by molar-refractivity contribution is 7.99. The van der Waals surface area contributed by atoms with Crippen LogP contribution in [0.15, 0.2) is 18.3 Å². The standard InChI is InChI=1S/C15H25N3S/c1-2-17-13(11-19-14-5-3-4-6-14)9-12-7-8-18-15(16)10-12/h7-8,10,13-14,17H,2-6,9,11H2,1H3,(H2,16,18). The molecule has 1 atom stereocenters. The van der Waals surface area contributed by atoms with E-state index in [1.807, 2.05) is 6.07 Å². The van der Waals surface area contributed by atoms with Gasteiger partial charge in [0.05, 0.1) is 0 Å². The van der Waals surface area contributed by atoms with Crippen molar-refractivity contribution in [2.75, 3.05) is 18.0 Å². The first-order chi connectivity index (χ1) is 9.28. The Hall–Kier alpha value is -0.740. The molecule has 2 rings (SSSR count). The zero-order chi connectivity index (χ0) is 13.5. The fourth-order valence-corrected chi connectivity index (χ4v) is 4.10. The van der Waals surface area contributed by atoms with E-state index in [2.05, 4.69) is 35.1 Å². The molecule has 1 aliphatic carbocycles. The van der Waals surface area contributed by atoms with Crippen molar-refractivity contribution >= 4 is 17.6 Å². The minimum absolute atomic E-state index is 0.539. The Morgan fingerprint density at radius 1 is 1.47 bits per heavy atom. The average molecular weight is 279 g/mol. The van der Waals surface area contributed by atoms with Crippen molar-refractivity contribution in [3.8, 4) is 0 Å². The van der Waals surface area contributed by atoms with E-state index in [0.717, 1.165) is 18.2 Å². The quantitative estimate of drug-likeness (QED) is 0.806. The monoisotopic (exact) mass is 279 g/mol. The largest absolute Gasteiger partial charge is 0.384 e. The summed E-state index contributed by atoms with van der Waals surface area (Å²) >= 11 is 2.15.